The van der Waals surface area contributed by atoms with Crippen LogP contribution in [0.15, 0.2) is 24.3 Å². The highest BCUT2D eigenvalue weighted by Gasteiger charge is 2.54. The maximum absolute atomic E-state index is 13.7. The Morgan fingerprint density at radius 3 is 2.30 bits per heavy atom. The first-order chi connectivity index (χ1) is 15.9. The zero-order chi connectivity index (χ0) is 23.5. The minimum absolute atomic E-state index is 0.0140. The van der Waals surface area contributed by atoms with E-state index in [0.29, 0.717) is 12.5 Å². The molecule has 3 fully saturated rings. The second-order valence-electron chi connectivity index (χ2n) is 10.8. The van der Waals surface area contributed by atoms with Crippen LogP contribution < -0.4 is 4.74 Å². The zero-order valence-corrected chi connectivity index (χ0v) is 21.1. The van der Waals surface area contributed by atoms with Crippen molar-refractivity contribution in [3.63, 3.8) is 0 Å². The summed E-state index contributed by atoms with van der Waals surface area (Å²) in [4.78, 5) is 20.5. The van der Waals surface area contributed by atoms with E-state index in [4.69, 9.17) is 9.47 Å². The third-order valence-corrected chi connectivity index (χ3v) is 8.81. The first-order valence-corrected chi connectivity index (χ1v) is 12.8. The topological polar surface area (TPSA) is 45.3 Å². The van der Waals surface area contributed by atoms with E-state index in [9.17, 15) is 4.79 Å². The third-order valence-electron chi connectivity index (χ3n) is 8.81. The fourth-order valence-electron chi connectivity index (χ4n) is 6.24. The molecule has 1 spiro atoms. The predicted molar refractivity (Wildman–Crippen MR) is 132 cm³/mol. The van der Waals surface area contributed by atoms with Gasteiger partial charge in [-0.1, -0.05) is 18.6 Å². The molecule has 3 aliphatic rings. The highest BCUT2D eigenvalue weighted by molar-refractivity contribution is 5.78. The van der Waals surface area contributed by atoms with Crippen molar-refractivity contribution >= 4 is 6.03 Å². The van der Waals surface area contributed by atoms with Gasteiger partial charge in [0.1, 0.15) is 5.75 Å². The Kier molecular flexibility index (Phi) is 7.54. The van der Waals surface area contributed by atoms with E-state index in [1.807, 2.05) is 12.1 Å². The van der Waals surface area contributed by atoms with Crippen molar-refractivity contribution in [2.75, 3.05) is 48.0 Å². The summed E-state index contributed by atoms with van der Waals surface area (Å²) in [7, 11) is 7.94. The van der Waals surface area contributed by atoms with Crippen molar-refractivity contribution in [3.8, 4) is 5.75 Å². The molecule has 0 bridgehead atoms. The van der Waals surface area contributed by atoms with E-state index >= 15 is 0 Å². The predicted octanol–water partition coefficient (Wildman–Crippen LogP) is 4.77. The van der Waals surface area contributed by atoms with Gasteiger partial charge in [-0.2, -0.15) is 0 Å². The number of carbonyl (C=O) groups is 1. The Labute approximate surface area is 200 Å². The minimum Gasteiger partial charge on any atom is -0.497 e. The third kappa shape index (κ3) is 5.02. The molecule has 184 valence electrons. The molecule has 1 aromatic carbocycles. The molecule has 0 N–H and O–H groups in total. The van der Waals surface area contributed by atoms with Gasteiger partial charge in [0.2, 0.25) is 0 Å². The molecule has 1 aliphatic heterocycles. The van der Waals surface area contributed by atoms with Crippen LogP contribution in [0.2, 0.25) is 0 Å². The molecular weight excluding hydrogens is 414 g/mol. The van der Waals surface area contributed by atoms with Gasteiger partial charge < -0.3 is 24.2 Å². The summed E-state index contributed by atoms with van der Waals surface area (Å²) in [5.41, 5.74) is 1.38. The number of ether oxygens (including phenoxy) is 2. The first kappa shape index (κ1) is 24.3. The van der Waals surface area contributed by atoms with Gasteiger partial charge in [0.15, 0.2) is 0 Å². The van der Waals surface area contributed by atoms with Crippen LogP contribution in [0.1, 0.15) is 63.4 Å². The van der Waals surface area contributed by atoms with Gasteiger partial charge in [-0.15, -0.1) is 0 Å². The van der Waals surface area contributed by atoms with Crippen molar-refractivity contribution < 1.29 is 14.3 Å². The summed E-state index contributed by atoms with van der Waals surface area (Å²) in [6, 6.07) is 8.39. The molecule has 1 aromatic rings. The molecular formula is C27H43N3O3. The van der Waals surface area contributed by atoms with E-state index in [1.165, 1.54) is 24.8 Å². The van der Waals surface area contributed by atoms with E-state index in [1.54, 1.807) is 14.2 Å². The van der Waals surface area contributed by atoms with Crippen LogP contribution in [0.5, 0.6) is 5.75 Å². The SMILES string of the molecule is COCCCC1(N(C)C)CCC2(CC1)CN(Cc1ccc(OC)cc1)C(=O)N2CC1CCC1. The van der Waals surface area contributed by atoms with Crippen molar-refractivity contribution in [3.05, 3.63) is 29.8 Å². The molecule has 0 aromatic heterocycles. The van der Waals surface area contributed by atoms with Gasteiger partial charge in [-0.25, -0.2) is 4.79 Å². The lowest BCUT2D eigenvalue weighted by molar-refractivity contribution is 0.00943. The molecule has 1 heterocycles. The van der Waals surface area contributed by atoms with Crippen molar-refractivity contribution in [1.82, 2.24) is 14.7 Å². The minimum atomic E-state index is -0.0140. The number of methoxy groups -OCH3 is 2. The van der Waals surface area contributed by atoms with Crippen LogP contribution in [0.4, 0.5) is 4.79 Å². The smallest absolute Gasteiger partial charge is 0.320 e. The van der Waals surface area contributed by atoms with Gasteiger partial charge >= 0.3 is 6.03 Å². The average Bonchev–Trinajstić information content (AvgIpc) is 3.03. The Morgan fingerprint density at radius 2 is 1.76 bits per heavy atom. The summed E-state index contributed by atoms with van der Waals surface area (Å²) >= 11 is 0. The second kappa shape index (κ2) is 10.2. The zero-order valence-electron chi connectivity index (χ0n) is 21.1. The summed E-state index contributed by atoms with van der Waals surface area (Å²) in [5, 5.41) is 0. The molecule has 1 saturated heterocycles. The molecule has 4 rings (SSSR count). The van der Waals surface area contributed by atoms with E-state index < -0.39 is 0 Å². The van der Waals surface area contributed by atoms with Crippen LogP contribution in [0.3, 0.4) is 0 Å². The lowest BCUT2D eigenvalue weighted by Crippen LogP contribution is -2.57. The second-order valence-corrected chi connectivity index (χ2v) is 10.8. The number of urea groups is 1. The van der Waals surface area contributed by atoms with Crippen LogP contribution in [-0.4, -0.2) is 79.8 Å². The molecule has 33 heavy (non-hydrogen) atoms. The van der Waals surface area contributed by atoms with E-state index in [-0.39, 0.29) is 17.1 Å². The molecule has 2 aliphatic carbocycles. The monoisotopic (exact) mass is 457 g/mol. The van der Waals surface area contributed by atoms with Crippen LogP contribution in [0.25, 0.3) is 0 Å². The van der Waals surface area contributed by atoms with E-state index in [0.717, 1.165) is 64.0 Å². The molecule has 0 unspecified atom stereocenters. The number of nitrogens with zero attached hydrogens (tertiary/aromatic N) is 3. The number of carbonyl (C=O) groups excluding carboxylic acids is 1. The fourth-order valence-corrected chi connectivity index (χ4v) is 6.24. The first-order valence-electron chi connectivity index (χ1n) is 12.8. The fraction of sp³-hybridized carbons (Fsp3) is 0.741. The van der Waals surface area contributed by atoms with Crippen molar-refractivity contribution in [2.45, 2.75) is 75.4 Å². The van der Waals surface area contributed by atoms with Gasteiger partial charge in [0.05, 0.1) is 12.6 Å². The Morgan fingerprint density at radius 1 is 1.06 bits per heavy atom. The molecule has 6 nitrogen and oxygen atoms in total. The summed E-state index contributed by atoms with van der Waals surface area (Å²) < 4.78 is 10.6. The van der Waals surface area contributed by atoms with Crippen LogP contribution >= 0.6 is 0 Å². The Balaban J connectivity index is 1.50. The Hall–Kier alpha value is -1.79. The molecule has 0 atom stereocenters. The highest BCUT2D eigenvalue weighted by atomic mass is 16.5. The highest BCUT2D eigenvalue weighted by Crippen LogP contribution is 2.47. The molecule has 2 amide bonds. The molecule has 6 heteroatoms. The number of amides is 2. The normalized spacial score (nSPS) is 28.1. The maximum Gasteiger partial charge on any atom is 0.320 e. The maximum atomic E-state index is 13.7. The number of hydrogen-bond donors (Lipinski definition) is 0. The summed E-state index contributed by atoms with van der Waals surface area (Å²) in [5.74, 6) is 1.55. The number of rotatable bonds is 10. The van der Waals surface area contributed by atoms with E-state index in [2.05, 4.69) is 40.9 Å². The van der Waals surface area contributed by atoms with Crippen LogP contribution in [0, 0.1) is 5.92 Å². The van der Waals surface area contributed by atoms with Gasteiger partial charge in [0, 0.05) is 38.9 Å². The van der Waals surface area contributed by atoms with Crippen molar-refractivity contribution in [1.29, 1.82) is 0 Å². The van der Waals surface area contributed by atoms with Crippen molar-refractivity contribution in [2.24, 2.45) is 5.92 Å². The lowest BCUT2D eigenvalue weighted by atomic mass is 9.69. The van der Waals surface area contributed by atoms with Gasteiger partial charge in [0.25, 0.3) is 0 Å². The van der Waals surface area contributed by atoms with Crippen LogP contribution in [-0.2, 0) is 11.3 Å². The standard InChI is InChI=1S/C27H43N3O3/c1-28(2)26(13-6-18-32-3)14-16-27(17-15-26)21-29(19-23-9-11-24(33-4)12-10-23)25(31)30(27)20-22-7-5-8-22/h9-12,22H,5-8,13-21H2,1-4H3. The summed E-state index contributed by atoms with van der Waals surface area (Å²) in [6.45, 7) is 3.30. The molecule has 2 saturated carbocycles. The van der Waals surface area contributed by atoms with Gasteiger partial charge in [-0.05, 0) is 89.1 Å². The largest absolute Gasteiger partial charge is 0.497 e. The quantitative estimate of drug-likeness (QED) is 0.475. The molecule has 0 radical (unpaired) electrons. The lowest BCUT2D eigenvalue weighted by Gasteiger charge is -2.51. The number of hydrogen-bond acceptors (Lipinski definition) is 4. The Bertz CT molecular complexity index is 782. The average molecular weight is 458 g/mol. The number of benzene rings is 1. The van der Waals surface area contributed by atoms with Gasteiger partial charge in [-0.3, -0.25) is 0 Å². The summed E-state index contributed by atoms with van der Waals surface area (Å²) in [6.07, 6.45) is 10.6.